The molecular weight excluding hydrogens is 843 g/mol. The number of nitrogens with zero attached hydrogens (tertiary/aromatic N) is 9. The van der Waals surface area contributed by atoms with Crippen LogP contribution in [0.1, 0.15) is 35.4 Å². The summed E-state index contributed by atoms with van der Waals surface area (Å²) in [6.07, 6.45) is 2.77. The molecule has 23 heteroatoms. The Morgan fingerprint density at radius 3 is 1.90 bits per heavy atom. The molecule has 2 fully saturated rings. The van der Waals surface area contributed by atoms with Gasteiger partial charge < -0.3 is 30.6 Å². The summed E-state index contributed by atoms with van der Waals surface area (Å²) in [5, 5.41) is 66.3. The second kappa shape index (κ2) is 21.7. The topological polar surface area (TPSA) is 277 Å². The maximum Gasteiger partial charge on any atom is 0.333 e. The minimum absolute atomic E-state index is 0. The first-order valence-corrected chi connectivity index (χ1v) is 19.6. The molecule has 0 spiro atoms. The van der Waals surface area contributed by atoms with Gasteiger partial charge >= 0.3 is 29.6 Å². The number of carbonyl (C=O) groups is 4. The Balaban J connectivity index is 0.00000769. The van der Waals surface area contributed by atoms with Crippen molar-refractivity contribution in [1.82, 2.24) is 43.7 Å². The quantitative estimate of drug-likeness (QED) is 0.0998. The van der Waals surface area contributed by atoms with Crippen molar-refractivity contribution in [2.24, 2.45) is 0 Å². The molecule has 6 N–H and O–H groups in total. The van der Waals surface area contributed by atoms with Gasteiger partial charge in [-0.3, -0.25) is 48.1 Å². The number of hydrogen-bond acceptors (Lipinski definition) is 15. The Hall–Kier alpha value is -4.45. The molecule has 2 aliphatic heterocycles. The van der Waals surface area contributed by atoms with Crippen LogP contribution in [0.3, 0.4) is 0 Å². The van der Waals surface area contributed by atoms with Crippen LogP contribution in [0.25, 0.3) is 11.3 Å². The van der Waals surface area contributed by atoms with Crippen LogP contribution < -0.4 is 11.2 Å². The van der Waals surface area contributed by atoms with Gasteiger partial charge in [0.05, 0.1) is 49.2 Å². The molecule has 1 radical (unpaired) electrons. The third-order valence-electron chi connectivity index (χ3n) is 10.2. The first-order chi connectivity index (χ1) is 27.6. The summed E-state index contributed by atoms with van der Waals surface area (Å²) < 4.78 is 3.71. The molecule has 5 rings (SSSR count). The van der Waals surface area contributed by atoms with Crippen molar-refractivity contribution in [2.45, 2.75) is 49.2 Å². The molecule has 0 amide bonds. The first-order valence-electron chi connectivity index (χ1n) is 18.7. The fourth-order valence-electron chi connectivity index (χ4n) is 7.22. The second-order valence-corrected chi connectivity index (χ2v) is 15.8. The molecule has 1 aromatic carbocycles. The molecule has 59 heavy (non-hydrogen) atoms. The third-order valence-corrected chi connectivity index (χ3v) is 11.7. The number of rotatable bonds is 14. The molecular formula is C36H49CuN9O12S. The van der Waals surface area contributed by atoms with E-state index in [1.54, 1.807) is 50.8 Å². The van der Waals surface area contributed by atoms with E-state index in [1.807, 2.05) is 0 Å². The van der Waals surface area contributed by atoms with E-state index in [0.717, 1.165) is 4.57 Å². The van der Waals surface area contributed by atoms with Crippen molar-refractivity contribution >= 4 is 35.6 Å². The van der Waals surface area contributed by atoms with Gasteiger partial charge in [0.2, 0.25) is 0 Å². The van der Waals surface area contributed by atoms with Gasteiger partial charge in [-0.1, -0.05) is 29.5 Å². The van der Waals surface area contributed by atoms with Gasteiger partial charge in [0.1, 0.15) is 18.4 Å². The number of hydrogen-bond donors (Lipinski definition) is 6. The van der Waals surface area contributed by atoms with Crippen LogP contribution in [-0.2, 0) is 42.9 Å². The molecule has 3 unspecified atom stereocenters. The van der Waals surface area contributed by atoms with Gasteiger partial charge in [0.15, 0.2) is 0 Å². The summed E-state index contributed by atoms with van der Waals surface area (Å²) in [6, 6.07) is 5.41. The molecule has 2 aromatic heterocycles. The molecule has 3 aromatic rings. The zero-order chi connectivity index (χ0) is 42.1. The van der Waals surface area contributed by atoms with Gasteiger partial charge in [-0.15, -0.1) is 16.9 Å². The fourth-order valence-corrected chi connectivity index (χ4v) is 8.59. The Labute approximate surface area is 352 Å². The maximum atomic E-state index is 13.5. The molecule has 2 aliphatic rings. The minimum Gasteiger partial charge on any atom is -0.480 e. The van der Waals surface area contributed by atoms with Crippen molar-refractivity contribution in [1.29, 1.82) is 0 Å². The number of carboxylic acid groups (broad SMARTS) is 4. The van der Waals surface area contributed by atoms with Gasteiger partial charge in [-0.05, 0) is 18.9 Å². The molecule has 327 valence electrons. The van der Waals surface area contributed by atoms with Crippen LogP contribution >= 0.6 is 11.8 Å². The van der Waals surface area contributed by atoms with E-state index in [9.17, 15) is 59.4 Å². The third kappa shape index (κ3) is 12.8. The van der Waals surface area contributed by atoms with Gasteiger partial charge in [0, 0.05) is 93.2 Å². The van der Waals surface area contributed by atoms with E-state index >= 15 is 0 Å². The van der Waals surface area contributed by atoms with Gasteiger partial charge in [-0.25, -0.2) is 14.0 Å². The predicted octanol–water partition coefficient (Wildman–Crippen LogP) is -1.57. The molecule has 0 bridgehead atoms. The monoisotopic (exact) mass is 892 g/mol. The smallest absolute Gasteiger partial charge is 0.333 e. The summed E-state index contributed by atoms with van der Waals surface area (Å²) in [5.41, 5.74) is 0.515. The van der Waals surface area contributed by atoms with Crippen LogP contribution in [0.15, 0.2) is 46.2 Å². The van der Waals surface area contributed by atoms with Crippen molar-refractivity contribution in [3.63, 3.8) is 0 Å². The molecule has 2 saturated heterocycles. The normalized spacial score (nSPS) is 21.1. The standard InChI is InChI=1S/C36H49N9O12S.Cu/c1-23-16-44(29-15-27(47)28(21-46)58-29)36(57)45(34(23)54)22-43-17-26(37-38-43)24-3-5-25(6-4-24)33(35(55)56)42-8-2-7-39(18-30(48)49)9-10-40(19-31(50)51)11-12-41(13-14-42)20-32(52)53;/h3-6,16-17,27-29,33,46-47H,2,7-15,18-22H2,1H3,(H,48,49)(H,50,51)(H,52,53)(H,55,56);/t27?,28-,29?,33?;/m1./s1/i;1-3. The van der Waals surface area contributed by atoms with E-state index in [1.165, 1.54) is 33.4 Å². The average molecular weight is 893 g/mol. The fraction of sp³-hybridized carbons (Fsp3) is 0.556. The van der Waals surface area contributed by atoms with Crippen molar-refractivity contribution in [3.8, 4) is 11.3 Å². The Kier molecular flexibility index (Phi) is 17.4. The minimum atomic E-state index is -1.17. The largest absolute Gasteiger partial charge is 0.480 e. The van der Waals surface area contributed by atoms with Crippen LogP contribution in [0.2, 0.25) is 0 Å². The Morgan fingerprint density at radius 2 is 1.37 bits per heavy atom. The molecule has 0 saturated carbocycles. The summed E-state index contributed by atoms with van der Waals surface area (Å²) >= 11 is 1.25. The van der Waals surface area contributed by atoms with Gasteiger partial charge in [-0.2, -0.15) is 0 Å². The first kappa shape index (κ1) is 47.2. The summed E-state index contributed by atoms with van der Waals surface area (Å²) in [4.78, 5) is 81.0. The molecule has 21 nitrogen and oxygen atoms in total. The summed E-state index contributed by atoms with van der Waals surface area (Å²) in [5.74, 6) is -4.39. The van der Waals surface area contributed by atoms with Crippen LogP contribution in [-0.4, -0.2) is 188 Å². The number of aliphatic carboxylic acids is 4. The molecule has 0 aliphatic carbocycles. The summed E-state index contributed by atoms with van der Waals surface area (Å²) in [7, 11) is 0. The molecule has 4 atom stereocenters. The Morgan fingerprint density at radius 1 is 0.814 bits per heavy atom. The molecule has 4 heterocycles. The van der Waals surface area contributed by atoms with Crippen LogP contribution in [0.5, 0.6) is 0 Å². The van der Waals surface area contributed by atoms with E-state index in [4.69, 9.17) is 0 Å². The van der Waals surface area contributed by atoms with E-state index < -0.39 is 57.9 Å². The zero-order valence-electron chi connectivity index (χ0n) is 32.2. The number of thioether (sulfide) groups is 1. The number of benzene rings is 1. The summed E-state index contributed by atoms with van der Waals surface area (Å²) in [6.45, 7) is 1.78. The zero-order valence-corrected chi connectivity index (χ0v) is 34.0. The predicted molar refractivity (Wildman–Crippen MR) is 207 cm³/mol. The second-order valence-electron chi connectivity index (χ2n) is 14.4. The van der Waals surface area contributed by atoms with Crippen molar-refractivity contribution in [3.05, 3.63) is 68.6 Å². The van der Waals surface area contributed by atoms with E-state index in [-0.39, 0.29) is 102 Å². The van der Waals surface area contributed by atoms with Crippen molar-refractivity contribution in [2.75, 3.05) is 78.6 Å². The van der Waals surface area contributed by atoms with Crippen LogP contribution in [0, 0.1) is 6.92 Å². The SMILES string of the molecule is Cc1cn(C2CC(O)[C@@H](CO)S2)c(=O)n(Cn2cc(-c3ccc(C(C(=O)O)N4CCCN(CC(=O)O)CCN(CC(=O)O)CCN(CC(=O)O)CC4)cc3)nn2)c1=O.[61Cu]. The number of aromatic nitrogens is 5. The number of carboxylic acids is 4. The van der Waals surface area contributed by atoms with Gasteiger partial charge in [0.25, 0.3) is 5.56 Å². The Bertz CT molecular complexity index is 2050. The van der Waals surface area contributed by atoms with Crippen molar-refractivity contribution < 1.29 is 66.9 Å². The van der Waals surface area contributed by atoms with Crippen LogP contribution in [0.4, 0.5) is 0 Å². The maximum absolute atomic E-state index is 13.5. The van der Waals surface area contributed by atoms with E-state index in [2.05, 4.69) is 10.3 Å². The number of aryl methyl sites for hydroxylation is 1. The van der Waals surface area contributed by atoms with E-state index in [0.29, 0.717) is 35.3 Å². The average Bonchev–Trinajstić information content (AvgIpc) is 3.79. The number of aliphatic hydroxyl groups is 2. The number of aliphatic hydroxyl groups excluding tert-OH is 2.